The summed E-state index contributed by atoms with van der Waals surface area (Å²) in [5, 5.41) is 2.65. The third-order valence-electron chi connectivity index (χ3n) is 6.02. The molecule has 1 atom stereocenters. The van der Waals surface area contributed by atoms with E-state index in [1.54, 1.807) is 41.3 Å². The SMILES string of the molecule is O=C(COc1ccc2c(c1)C(c1ccc(F)cc1)N(C(=O)c1ccco1)CC2)Nc1ccc(F)cc1. The molecule has 4 aromatic rings. The number of hydrogen-bond donors (Lipinski definition) is 1. The summed E-state index contributed by atoms with van der Waals surface area (Å²) < 4.78 is 37.8. The van der Waals surface area contributed by atoms with Crippen molar-refractivity contribution in [3.8, 4) is 5.75 Å². The lowest BCUT2D eigenvalue weighted by atomic mass is 9.87. The maximum Gasteiger partial charge on any atom is 0.290 e. The van der Waals surface area contributed by atoms with Crippen molar-refractivity contribution in [1.82, 2.24) is 4.90 Å². The molecule has 182 valence electrons. The summed E-state index contributed by atoms with van der Waals surface area (Å²) in [5.41, 5.74) is 3.04. The molecule has 0 aliphatic carbocycles. The van der Waals surface area contributed by atoms with Gasteiger partial charge in [0.15, 0.2) is 12.4 Å². The zero-order valence-corrected chi connectivity index (χ0v) is 19.1. The molecule has 36 heavy (non-hydrogen) atoms. The van der Waals surface area contributed by atoms with E-state index in [2.05, 4.69) is 5.32 Å². The van der Waals surface area contributed by atoms with Crippen LogP contribution in [0, 0.1) is 11.6 Å². The van der Waals surface area contributed by atoms with Crippen LogP contribution < -0.4 is 10.1 Å². The van der Waals surface area contributed by atoms with E-state index in [4.69, 9.17) is 9.15 Å². The Labute approximate surface area is 206 Å². The molecule has 8 heteroatoms. The van der Waals surface area contributed by atoms with Crippen molar-refractivity contribution in [2.24, 2.45) is 0 Å². The lowest BCUT2D eigenvalue weighted by molar-refractivity contribution is -0.118. The Balaban J connectivity index is 1.40. The average Bonchev–Trinajstić information content (AvgIpc) is 3.43. The first kappa shape index (κ1) is 23.3. The molecule has 6 nitrogen and oxygen atoms in total. The highest BCUT2D eigenvalue weighted by molar-refractivity contribution is 5.92. The van der Waals surface area contributed by atoms with E-state index in [-0.39, 0.29) is 24.1 Å². The Morgan fingerprint density at radius 2 is 1.69 bits per heavy atom. The number of carbonyl (C=O) groups excluding carboxylic acids is 2. The van der Waals surface area contributed by atoms with Crippen LogP contribution in [0.3, 0.4) is 0 Å². The number of hydrogen-bond acceptors (Lipinski definition) is 4. The minimum absolute atomic E-state index is 0.218. The lowest BCUT2D eigenvalue weighted by Gasteiger charge is -2.37. The van der Waals surface area contributed by atoms with Crippen molar-refractivity contribution in [3.63, 3.8) is 0 Å². The van der Waals surface area contributed by atoms with E-state index in [0.717, 1.165) is 16.7 Å². The number of amides is 2. The van der Waals surface area contributed by atoms with Gasteiger partial charge in [0.1, 0.15) is 17.4 Å². The third-order valence-corrected chi connectivity index (χ3v) is 6.02. The second-order valence-corrected chi connectivity index (χ2v) is 8.38. The predicted octanol–water partition coefficient (Wildman–Crippen LogP) is 5.36. The molecule has 0 bridgehead atoms. The largest absolute Gasteiger partial charge is 0.484 e. The molecular weight excluding hydrogens is 466 g/mol. The van der Waals surface area contributed by atoms with Gasteiger partial charge in [-0.2, -0.15) is 0 Å². The summed E-state index contributed by atoms with van der Waals surface area (Å²) in [5.74, 6) is -0.775. The van der Waals surface area contributed by atoms with Crippen LogP contribution in [-0.2, 0) is 11.2 Å². The van der Waals surface area contributed by atoms with Crippen LogP contribution in [0.15, 0.2) is 89.5 Å². The van der Waals surface area contributed by atoms with Gasteiger partial charge in [-0.15, -0.1) is 0 Å². The molecule has 2 amide bonds. The molecule has 1 aliphatic rings. The highest BCUT2D eigenvalue weighted by Crippen LogP contribution is 2.38. The third kappa shape index (κ3) is 4.98. The van der Waals surface area contributed by atoms with Crippen LogP contribution in [0.2, 0.25) is 0 Å². The standard InChI is InChI=1S/C28H22F2N2O4/c29-20-6-3-19(4-7-20)27-24-16-23(36-17-26(33)31-22-10-8-21(30)9-11-22)12-5-18(24)13-14-32(27)28(34)25-2-1-15-35-25/h1-12,15-16,27H,13-14,17H2,(H,31,33). The monoisotopic (exact) mass is 488 g/mol. The first-order valence-electron chi connectivity index (χ1n) is 11.4. The van der Waals surface area contributed by atoms with Gasteiger partial charge in [-0.25, -0.2) is 8.78 Å². The Morgan fingerprint density at radius 1 is 0.972 bits per heavy atom. The van der Waals surface area contributed by atoms with E-state index in [1.165, 1.54) is 42.7 Å². The molecule has 0 spiro atoms. The van der Waals surface area contributed by atoms with Crippen LogP contribution in [0.25, 0.3) is 0 Å². The van der Waals surface area contributed by atoms with E-state index in [1.807, 2.05) is 6.07 Å². The molecule has 1 N–H and O–H groups in total. The maximum absolute atomic E-state index is 13.7. The molecular formula is C28H22F2N2O4. The average molecular weight is 488 g/mol. The van der Waals surface area contributed by atoms with E-state index < -0.39 is 17.8 Å². The van der Waals surface area contributed by atoms with Crippen molar-refractivity contribution in [2.45, 2.75) is 12.5 Å². The van der Waals surface area contributed by atoms with Gasteiger partial charge in [0.25, 0.3) is 11.8 Å². The highest BCUT2D eigenvalue weighted by Gasteiger charge is 2.34. The van der Waals surface area contributed by atoms with Crippen molar-refractivity contribution in [1.29, 1.82) is 0 Å². The van der Waals surface area contributed by atoms with Gasteiger partial charge < -0.3 is 19.4 Å². The van der Waals surface area contributed by atoms with Crippen LogP contribution in [0.1, 0.15) is 33.3 Å². The van der Waals surface area contributed by atoms with E-state index in [9.17, 15) is 18.4 Å². The number of carbonyl (C=O) groups is 2. The Bertz CT molecular complexity index is 1370. The number of nitrogens with zero attached hydrogens (tertiary/aromatic N) is 1. The van der Waals surface area contributed by atoms with Crippen molar-refractivity contribution in [3.05, 3.63) is 119 Å². The first-order chi connectivity index (χ1) is 17.5. The summed E-state index contributed by atoms with van der Waals surface area (Å²) in [6.07, 6.45) is 2.06. The van der Waals surface area contributed by atoms with Crippen molar-refractivity contribution < 1.29 is 27.5 Å². The summed E-state index contributed by atoms with van der Waals surface area (Å²) in [4.78, 5) is 27.3. The number of furan rings is 1. The Morgan fingerprint density at radius 3 is 2.39 bits per heavy atom. The van der Waals surface area contributed by atoms with E-state index >= 15 is 0 Å². The second-order valence-electron chi connectivity index (χ2n) is 8.38. The topological polar surface area (TPSA) is 71.8 Å². The Kier molecular flexibility index (Phi) is 6.49. The number of rotatable bonds is 6. The van der Waals surface area contributed by atoms with Gasteiger partial charge in [0.05, 0.1) is 12.3 Å². The number of ether oxygens (including phenoxy) is 1. The minimum atomic E-state index is -0.497. The number of nitrogens with one attached hydrogen (secondary N) is 1. The molecule has 0 saturated carbocycles. The normalized spacial score (nSPS) is 14.7. The van der Waals surface area contributed by atoms with Crippen LogP contribution in [0.5, 0.6) is 5.75 Å². The molecule has 1 aliphatic heterocycles. The fraction of sp³-hybridized carbons (Fsp3) is 0.143. The molecule has 3 aromatic carbocycles. The fourth-order valence-corrected chi connectivity index (χ4v) is 4.33. The first-order valence-corrected chi connectivity index (χ1v) is 11.4. The zero-order chi connectivity index (χ0) is 25.1. The van der Waals surface area contributed by atoms with Crippen molar-refractivity contribution >= 4 is 17.5 Å². The molecule has 0 radical (unpaired) electrons. The lowest BCUT2D eigenvalue weighted by Crippen LogP contribution is -2.40. The van der Waals surface area contributed by atoms with Gasteiger partial charge in [-0.3, -0.25) is 9.59 Å². The molecule has 0 fully saturated rings. The highest BCUT2D eigenvalue weighted by atomic mass is 19.1. The van der Waals surface area contributed by atoms with Gasteiger partial charge in [-0.1, -0.05) is 18.2 Å². The number of anilines is 1. The van der Waals surface area contributed by atoms with Crippen molar-refractivity contribution in [2.75, 3.05) is 18.5 Å². The van der Waals surface area contributed by atoms with Crippen LogP contribution in [0.4, 0.5) is 14.5 Å². The van der Waals surface area contributed by atoms with Gasteiger partial charge in [0, 0.05) is 12.2 Å². The zero-order valence-electron chi connectivity index (χ0n) is 19.1. The van der Waals surface area contributed by atoms with Gasteiger partial charge in [0.2, 0.25) is 0 Å². The Hall–Kier alpha value is -4.46. The summed E-state index contributed by atoms with van der Waals surface area (Å²) in [6.45, 7) is 0.196. The molecule has 0 saturated heterocycles. The van der Waals surface area contributed by atoms with Gasteiger partial charge >= 0.3 is 0 Å². The second kappa shape index (κ2) is 10.0. The summed E-state index contributed by atoms with van der Waals surface area (Å²) in [7, 11) is 0. The number of benzene rings is 3. The molecule has 2 heterocycles. The quantitative estimate of drug-likeness (QED) is 0.397. The van der Waals surface area contributed by atoms with Gasteiger partial charge in [-0.05, 0) is 83.8 Å². The smallest absolute Gasteiger partial charge is 0.290 e. The van der Waals surface area contributed by atoms with Crippen LogP contribution in [-0.4, -0.2) is 29.9 Å². The number of halogens is 2. The van der Waals surface area contributed by atoms with Crippen LogP contribution >= 0.6 is 0 Å². The molecule has 1 unspecified atom stereocenters. The molecule has 5 rings (SSSR count). The molecule has 1 aromatic heterocycles. The number of fused-ring (bicyclic) bond motifs is 1. The summed E-state index contributed by atoms with van der Waals surface area (Å²) in [6, 6.07) is 19.7. The van der Waals surface area contributed by atoms with E-state index in [0.29, 0.717) is 24.4 Å². The maximum atomic E-state index is 13.7. The predicted molar refractivity (Wildman–Crippen MR) is 129 cm³/mol. The summed E-state index contributed by atoms with van der Waals surface area (Å²) >= 11 is 0. The minimum Gasteiger partial charge on any atom is -0.484 e. The fourth-order valence-electron chi connectivity index (χ4n) is 4.33.